The Morgan fingerprint density at radius 2 is 1.69 bits per heavy atom. The maximum absolute atomic E-state index is 13.3. The maximum atomic E-state index is 13.3. The lowest BCUT2D eigenvalue weighted by Crippen LogP contribution is -2.40. The van der Waals surface area contributed by atoms with Crippen LogP contribution in [0.4, 0.5) is 11.5 Å². The summed E-state index contributed by atoms with van der Waals surface area (Å²) >= 11 is 0. The van der Waals surface area contributed by atoms with Crippen LogP contribution in [0.3, 0.4) is 0 Å². The van der Waals surface area contributed by atoms with E-state index in [0.29, 0.717) is 29.5 Å². The number of nitrogens with one attached hydrogen (secondary N) is 1. The Kier molecular flexibility index (Phi) is 8.35. The van der Waals surface area contributed by atoms with Gasteiger partial charge in [-0.1, -0.05) is 44.2 Å². The van der Waals surface area contributed by atoms with Crippen molar-refractivity contribution in [1.29, 1.82) is 0 Å². The fraction of sp³-hybridized carbons (Fsp3) is 0.207. The van der Waals surface area contributed by atoms with Gasteiger partial charge in [0.15, 0.2) is 0 Å². The molecule has 200 valence electrons. The second-order valence-electron chi connectivity index (χ2n) is 9.32. The van der Waals surface area contributed by atoms with E-state index in [-0.39, 0.29) is 29.6 Å². The molecule has 1 N–H and O–H groups in total. The summed E-state index contributed by atoms with van der Waals surface area (Å²) in [5.41, 5.74) is 2.43. The lowest BCUT2D eigenvalue weighted by Gasteiger charge is -2.24. The Labute approximate surface area is 226 Å². The monoisotopic (exact) mass is 527 g/mol. The van der Waals surface area contributed by atoms with Gasteiger partial charge in [-0.3, -0.25) is 19.7 Å². The Bertz CT molecular complexity index is 1450. The normalized spacial score (nSPS) is 10.8. The number of ether oxygens (including phenoxy) is 1. The van der Waals surface area contributed by atoms with Crippen molar-refractivity contribution in [2.24, 2.45) is 5.92 Å². The van der Waals surface area contributed by atoms with E-state index in [1.165, 1.54) is 29.2 Å². The van der Waals surface area contributed by atoms with Gasteiger partial charge in [0.05, 0.1) is 23.4 Å². The van der Waals surface area contributed by atoms with Crippen LogP contribution in [0.15, 0.2) is 84.9 Å². The van der Waals surface area contributed by atoms with Crippen LogP contribution in [0.5, 0.6) is 5.75 Å². The van der Waals surface area contributed by atoms with E-state index in [4.69, 9.17) is 9.84 Å². The number of methoxy groups -OCH3 is 1. The molecule has 0 unspecified atom stereocenters. The van der Waals surface area contributed by atoms with Crippen molar-refractivity contribution in [2.75, 3.05) is 25.5 Å². The summed E-state index contributed by atoms with van der Waals surface area (Å²) in [6.45, 7) is 4.01. The van der Waals surface area contributed by atoms with Crippen molar-refractivity contribution in [1.82, 2.24) is 14.7 Å². The van der Waals surface area contributed by atoms with Gasteiger partial charge in [-0.25, -0.2) is 4.68 Å². The van der Waals surface area contributed by atoms with Gasteiger partial charge in [-0.2, -0.15) is 5.10 Å². The number of hydrogen-bond donors (Lipinski definition) is 1. The molecule has 2 amide bonds. The molecule has 4 rings (SSSR count). The fourth-order valence-electron chi connectivity index (χ4n) is 4.06. The molecule has 0 saturated carbocycles. The Morgan fingerprint density at radius 3 is 2.28 bits per heavy atom. The first-order valence-corrected chi connectivity index (χ1v) is 12.4. The van der Waals surface area contributed by atoms with E-state index in [2.05, 4.69) is 5.32 Å². The zero-order valence-electron chi connectivity index (χ0n) is 21.9. The maximum Gasteiger partial charge on any atom is 0.269 e. The average Bonchev–Trinajstić information content (AvgIpc) is 3.36. The minimum Gasteiger partial charge on any atom is -0.497 e. The first-order chi connectivity index (χ1) is 18.7. The van der Waals surface area contributed by atoms with Crippen LogP contribution in [-0.4, -0.2) is 51.6 Å². The minimum atomic E-state index is -0.525. The van der Waals surface area contributed by atoms with Crippen LogP contribution >= 0.6 is 0 Å². The molecular weight excluding hydrogens is 498 g/mol. The van der Waals surface area contributed by atoms with Crippen LogP contribution in [-0.2, 0) is 4.79 Å². The Hall–Kier alpha value is -4.99. The van der Waals surface area contributed by atoms with Crippen molar-refractivity contribution in [2.45, 2.75) is 13.8 Å². The van der Waals surface area contributed by atoms with Gasteiger partial charge in [0.1, 0.15) is 18.1 Å². The van der Waals surface area contributed by atoms with E-state index >= 15 is 0 Å². The predicted molar refractivity (Wildman–Crippen MR) is 148 cm³/mol. The number of hydrogen-bond acceptors (Lipinski definition) is 6. The summed E-state index contributed by atoms with van der Waals surface area (Å²) in [7, 11) is 1.59. The third-order valence-corrected chi connectivity index (χ3v) is 5.90. The molecule has 10 heteroatoms. The molecule has 1 heterocycles. The summed E-state index contributed by atoms with van der Waals surface area (Å²) in [5, 5.41) is 18.6. The Morgan fingerprint density at radius 1 is 1.03 bits per heavy atom. The molecule has 0 spiro atoms. The summed E-state index contributed by atoms with van der Waals surface area (Å²) in [5.74, 6) is 0.432. The lowest BCUT2D eigenvalue weighted by atomic mass is 10.1. The highest BCUT2D eigenvalue weighted by atomic mass is 16.6. The number of nitro benzene ring substituents is 1. The van der Waals surface area contributed by atoms with Crippen LogP contribution in [0.25, 0.3) is 16.9 Å². The van der Waals surface area contributed by atoms with Crippen molar-refractivity contribution < 1.29 is 19.2 Å². The number of benzene rings is 3. The topological polar surface area (TPSA) is 120 Å². The van der Waals surface area contributed by atoms with E-state index in [1.807, 2.05) is 56.3 Å². The molecule has 1 aromatic heterocycles. The number of anilines is 1. The van der Waals surface area contributed by atoms with Crippen molar-refractivity contribution in [3.8, 4) is 22.7 Å². The van der Waals surface area contributed by atoms with Crippen LogP contribution in [0, 0.1) is 16.0 Å². The smallest absolute Gasteiger partial charge is 0.269 e. The first kappa shape index (κ1) is 27.1. The lowest BCUT2D eigenvalue weighted by molar-refractivity contribution is -0.384. The van der Waals surface area contributed by atoms with Gasteiger partial charge in [-0.15, -0.1) is 0 Å². The second kappa shape index (κ2) is 12.0. The van der Waals surface area contributed by atoms with Crippen molar-refractivity contribution in [3.63, 3.8) is 0 Å². The largest absolute Gasteiger partial charge is 0.497 e. The molecule has 0 aliphatic rings. The standard InChI is InChI=1S/C29H29N5O5/c1-20(2)18-32(29(36)22-9-11-24(12-10-22)34(37)38)19-28(35)30-27-17-26(21-7-5-4-6-8-21)31-33(27)23-13-15-25(39-3)16-14-23/h4-17,20H,18-19H2,1-3H3,(H,30,35). The molecule has 39 heavy (non-hydrogen) atoms. The average molecular weight is 528 g/mol. The number of aromatic nitrogens is 2. The SMILES string of the molecule is COc1ccc(-n2nc(-c3ccccc3)cc2NC(=O)CN(CC(C)C)C(=O)c2ccc([N+](=O)[O-])cc2)cc1. The zero-order chi connectivity index (χ0) is 27.9. The fourth-order valence-corrected chi connectivity index (χ4v) is 4.06. The summed E-state index contributed by atoms with van der Waals surface area (Å²) in [4.78, 5) is 38.4. The van der Waals surface area contributed by atoms with Crippen molar-refractivity contribution in [3.05, 3.63) is 101 Å². The molecule has 0 radical (unpaired) electrons. The highest BCUT2D eigenvalue weighted by molar-refractivity contribution is 5.99. The predicted octanol–water partition coefficient (Wildman–Crippen LogP) is 5.19. The van der Waals surface area contributed by atoms with Crippen LogP contribution in [0.2, 0.25) is 0 Å². The number of amides is 2. The molecule has 0 bridgehead atoms. The van der Waals surface area contributed by atoms with Gasteiger partial charge < -0.3 is 15.0 Å². The van der Waals surface area contributed by atoms with E-state index in [9.17, 15) is 19.7 Å². The number of rotatable bonds is 10. The molecule has 4 aromatic rings. The second-order valence-corrected chi connectivity index (χ2v) is 9.32. The van der Waals surface area contributed by atoms with E-state index in [1.54, 1.807) is 30.0 Å². The number of nitro groups is 1. The number of nitrogens with zero attached hydrogens (tertiary/aromatic N) is 4. The highest BCUT2D eigenvalue weighted by Crippen LogP contribution is 2.26. The molecule has 3 aromatic carbocycles. The van der Waals surface area contributed by atoms with Gasteiger partial charge in [0.2, 0.25) is 5.91 Å². The van der Waals surface area contributed by atoms with Gasteiger partial charge >= 0.3 is 0 Å². The number of carbonyl (C=O) groups excluding carboxylic acids is 2. The highest BCUT2D eigenvalue weighted by Gasteiger charge is 2.22. The molecule has 0 aliphatic heterocycles. The van der Waals surface area contributed by atoms with E-state index < -0.39 is 10.8 Å². The third kappa shape index (κ3) is 6.67. The van der Waals surface area contributed by atoms with Crippen LogP contribution < -0.4 is 10.1 Å². The van der Waals surface area contributed by atoms with Gasteiger partial charge in [0.25, 0.3) is 11.6 Å². The summed E-state index contributed by atoms with van der Waals surface area (Å²) in [6, 6.07) is 24.0. The minimum absolute atomic E-state index is 0.0920. The molecular formula is C29H29N5O5. The molecule has 0 saturated heterocycles. The Balaban J connectivity index is 1.60. The molecule has 0 atom stereocenters. The van der Waals surface area contributed by atoms with Gasteiger partial charge in [-0.05, 0) is 42.3 Å². The molecule has 10 nitrogen and oxygen atoms in total. The summed E-state index contributed by atoms with van der Waals surface area (Å²) in [6.07, 6.45) is 0. The first-order valence-electron chi connectivity index (χ1n) is 12.4. The van der Waals surface area contributed by atoms with E-state index in [0.717, 1.165) is 5.56 Å². The van der Waals surface area contributed by atoms with Gasteiger partial charge in [0, 0.05) is 35.9 Å². The quantitative estimate of drug-likeness (QED) is 0.224. The van der Waals surface area contributed by atoms with Crippen LogP contribution in [0.1, 0.15) is 24.2 Å². The summed E-state index contributed by atoms with van der Waals surface area (Å²) < 4.78 is 6.89. The zero-order valence-corrected chi connectivity index (χ0v) is 21.9. The number of carbonyl (C=O) groups is 2. The van der Waals surface area contributed by atoms with Crippen molar-refractivity contribution >= 4 is 23.3 Å². The third-order valence-electron chi connectivity index (χ3n) is 5.90. The number of non-ortho nitro benzene ring substituents is 1. The molecule has 0 fully saturated rings. The molecule has 0 aliphatic carbocycles.